The number of rotatable bonds is 4. The van der Waals surface area contributed by atoms with Crippen LogP contribution in [0.15, 0.2) is 47.4 Å². The van der Waals surface area contributed by atoms with E-state index in [0.717, 1.165) is 0 Å². The van der Waals surface area contributed by atoms with Gasteiger partial charge in [-0.1, -0.05) is 41.9 Å². The molecule has 2 aromatic carbocycles. The summed E-state index contributed by atoms with van der Waals surface area (Å²) in [5, 5.41) is 15.0. The highest BCUT2D eigenvalue weighted by molar-refractivity contribution is 7.89. The third kappa shape index (κ3) is 4.09. The SMILES string of the molecule is Cc1cccc([N+](=O)[O-])c1S(=O)(=O)N1CCNCC1c1ccccc1Cl.Cl. The van der Waals surface area contributed by atoms with Gasteiger partial charge in [0.2, 0.25) is 0 Å². The summed E-state index contributed by atoms with van der Waals surface area (Å²) in [6.07, 6.45) is 0. The molecule has 1 heterocycles. The normalized spacial score (nSPS) is 17.9. The fraction of sp³-hybridized carbons (Fsp3) is 0.294. The van der Waals surface area contributed by atoms with E-state index in [0.29, 0.717) is 29.2 Å². The van der Waals surface area contributed by atoms with Gasteiger partial charge in [0.1, 0.15) is 0 Å². The zero-order valence-corrected chi connectivity index (χ0v) is 16.9. The average molecular weight is 432 g/mol. The molecule has 1 unspecified atom stereocenters. The predicted octanol–water partition coefficient (Wildman–Crippen LogP) is 3.31. The molecule has 146 valence electrons. The third-order valence-corrected chi connectivity index (χ3v) is 6.86. The Labute approximate surface area is 168 Å². The molecule has 27 heavy (non-hydrogen) atoms. The second kappa shape index (κ2) is 8.53. The topological polar surface area (TPSA) is 92.5 Å². The highest BCUT2D eigenvalue weighted by Gasteiger charge is 2.39. The Bertz CT molecular complexity index is 953. The summed E-state index contributed by atoms with van der Waals surface area (Å²) in [5.74, 6) is 0. The lowest BCUT2D eigenvalue weighted by Gasteiger charge is -2.36. The molecular formula is C17H19Cl2N3O4S. The van der Waals surface area contributed by atoms with Gasteiger partial charge in [-0.2, -0.15) is 4.31 Å². The van der Waals surface area contributed by atoms with Gasteiger partial charge in [-0.15, -0.1) is 12.4 Å². The van der Waals surface area contributed by atoms with Crippen LogP contribution in [0.1, 0.15) is 17.2 Å². The van der Waals surface area contributed by atoms with Gasteiger partial charge in [0.25, 0.3) is 15.7 Å². The highest BCUT2D eigenvalue weighted by Crippen LogP contribution is 2.36. The Kier molecular flexibility index (Phi) is 6.82. The standard InChI is InChI=1S/C17H18ClN3O4S.ClH/c1-12-5-4-8-15(21(22)23)17(12)26(24,25)20-10-9-19-11-16(20)13-6-2-3-7-14(13)18;/h2-8,16,19H,9-11H2,1H3;1H. The van der Waals surface area contributed by atoms with E-state index in [4.69, 9.17) is 11.6 Å². The van der Waals surface area contributed by atoms with Crippen molar-refractivity contribution in [3.63, 3.8) is 0 Å². The first-order valence-electron chi connectivity index (χ1n) is 8.05. The van der Waals surface area contributed by atoms with Crippen molar-refractivity contribution >= 4 is 39.7 Å². The summed E-state index contributed by atoms with van der Waals surface area (Å²) in [6.45, 7) is 2.60. The highest BCUT2D eigenvalue weighted by atomic mass is 35.5. The van der Waals surface area contributed by atoms with E-state index in [1.807, 2.05) is 0 Å². The van der Waals surface area contributed by atoms with E-state index >= 15 is 0 Å². The molecule has 0 saturated carbocycles. The maximum atomic E-state index is 13.4. The van der Waals surface area contributed by atoms with Gasteiger partial charge in [-0.3, -0.25) is 10.1 Å². The van der Waals surface area contributed by atoms with Crippen molar-refractivity contribution in [3.05, 3.63) is 68.7 Å². The molecule has 10 heteroatoms. The summed E-state index contributed by atoms with van der Waals surface area (Å²) in [5.41, 5.74) is 0.596. The van der Waals surface area contributed by atoms with Crippen molar-refractivity contribution < 1.29 is 13.3 Å². The van der Waals surface area contributed by atoms with Crippen LogP contribution in [-0.2, 0) is 10.0 Å². The Hall–Kier alpha value is -1.71. The van der Waals surface area contributed by atoms with Crippen LogP contribution in [0.5, 0.6) is 0 Å². The smallest absolute Gasteiger partial charge is 0.289 e. The van der Waals surface area contributed by atoms with Gasteiger partial charge in [0, 0.05) is 30.7 Å². The summed E-state index contributed by atoms with van der Waals surface area (Å²) in [6, 6.07) is 10.8. The number of hydrogen-bond acceptors (Lipinski definition) is 5. The molecule has 1 saturated heterocycles. The van der Waals surface area contributed by atoms with Crippen LogP contribution in [0.3, 0.4) is 0 Å². The predicted molar refractivity (Wildman–Crippen MR) is 106 cm³/mol. The number of nitrogens with zero attached hydrogens (tertiary/aromatic N) is 2. The number of nitrogens with one attached hydrogen (secondary N) is 1. The molecular weight excluding hydrogens is 413 g/mol. The van der Waals surface area contributed by atoms with E-state index in [2.05, 4.69) is 5.32 Å². The third-order valence-electron chi connectivity index (χ3n) is 4.41. The van der Waals surface area contributed by atoms with Crippen LogP contribution in [0.2, 0.25) is 5.02 Å². The monoisotopic (exact) mass is 431 g/mol. The second-order valence-electron chi connectivity index (χ2n) is 6.04. The molecule has 1 aliphatic rings. The van der Waals surface area contributed by atoms with Crippen molar-refractivity contribution in [2.24, 2.45) is 0 Å². The first-order valence-corrected chi connectivity index (χ1v) is 9.87. The van der Waals surface area contributed by atoms with Crippen molar-refractivity contribution in [2.45, 2.75) is 17.9 Å². The molecule has 2 aromatic rings. The summed E-state index contributed by atoms with van der Waals surface area (Å²) in [4.78, 5) is 10.5. The van der Waals surface area contributed by atoms with Gasteiger partial charge < -0.3 is 5.32 Å². The Morgan fingerprint density at radius 1 is 1.22 bits per heavy atom. The van der Waals surface area contributed by atoms with Crippen LogP contribution in [0, 0.1) is 17.0 Å². The van der Waals surface area contributed by atoms with Gasteiger partial charge in [-0.25, -0.2) is 8.42 Å². The quantitative estimate of drug-likeness (QED) is 0.591. The van der Waals surface area contributed by atoms with Crippen molar-refractivity contribution in [3.8, 4) is 0 Å². The van der Waals surface area contributed by atoms with Crippen LogP contribution >= 0.6 is 24.0 Å². The summed E-state index contributed by atoms with van der Waals surface area (Å²) < 4.78 is 28.1. The van der Waals surface area contributed by atoms with Crippen molar-refractivity contribution in [2.75, 3.05) is 19.6 Å². The molecule has 1 aliphatic heterocycles. The molecule has 1 fully saturated rings. The van der Waals surface area contributed by atoms with Crippen LogP contribution in [0.4, 0.5) is 5.69 Å². The zero-order valence-electron chi connectivity index (χ0n) is 14.5. The molecule has 0 spiro atoms. The van der Waals surface area contributed by atoms with E-state index < -0.39 is 26.7 Å². The fourth-order valence-electron chi connectivity index (χ4n) is 3.22. The minimum atomic E-state index is -4.09. The molecule has 0 aliphatic carbocycles. The van der Waals surface area contributed by atoms with Gasteiger partial charge in [-0.05, 0) is 24.1 Å². The number of aryl methyl sites for hydroxylation is 1. The number of piperazine rings is 1. The maximum absolute atomic E-state index is 13.4. The van der Waals surface area contributed by atoms with Crippen LogP contribution < -0.4 is 5.32 Å². The van der Waals surface area contributed by atoms with E-state index in [1.54, 1.807) is 37.3 Å². The second-order valence-corrected chi connectivity index (χ2v) is 8.27. The number of halogens is 2. The average Bonchev–Trinajstić information content (AvgIpc) is 2.61. The van der Waals surface area contributed by atoms with E-state index in [1.165, 1.54) is 16.4 Å². The Morgan fingerprint density at radius 3 is 2.59 bits per heavy atom. The summed E-state index contributed by atoms with van der Waals surface area (Å²) in [7, 11) is -4.09. The number of benzene rings is 2. The van der Waals surface area contributed by atoms with Crippen LogP contribution in [-0.4, -0.2) is 37.3 Å². The number of nitro benzene ring substituents is 1. The van der Waals surface area contributed by atoms with Crippen molar-refractivity contribution in [1.82, 2.24) is 9.62 Å². The minimum Gasteiger partial charge on any atom is -0.313 e. The molecule has 0 amide bonds. The largest absolute Gasteiger partial charge is 0.313 e. The lowest BCUT2D eigenvalue weighted by molar-refractivity contribution is -0.387. The Morgan fingerprint density at radius 2 is 1.93 bits per heavy atom. The molecule has 1 atom stereocenters. The minimum absolute atomic E-state index is 0. The number of sulfonamides is 1. The molecule has 3 rings (SSSR count). The van der Waals surface area contributed by atoms with Gasteiger partial charge >= 0.3 is 0 Å². The lowest BCUT2D eigenvalue weighted by atomic mass is 10.1. The van der Waals surface area contributed by atoms with E-state index in [-0.39, 0.29) is 23.8 Å². The first-order chi connectivity index (χ1) is 12.3. The lowest BCUT2D eigenvalue weighted by Crippen LogP contribution is -2.48. The summed E-state index contributed by atoms with van der Waals surface area (Å²) >= 11 is 6.27. The molecule has 0 aromatic heterocycles. The first kappa shape index (κ1) is 21.6. The number of hydrogen-bond donors (Lipinski definition) is 1. The maximum Gasteiger partial charge on any atom is 0.289 e. The Balaban J connectivity index is 0.00000261. The molecule has 7 nitrogen and oxygen atoms in total. The van der Waals surface area contributed by atoms with Crippen LogP contribution in [0.25, 0.3) is 0 Å². The van der Waals surface area contributed by atoms with Crippen molar-refractivity contribution in [1.29, 1.82) is 0 Å². The van der Waals surface area contributed by atoms with E-state index in [9.17, 15) is 18.5 Å². The molecule has 1 N–H and O–H groups in total. The van der Waals surface area contributed by atoms with Gasteiger partial charge in [0.15, 0.2) is 4.90 Å². The van der Waals surface area contributed by atoms with Gasteiger partial charge in [0.05, 0.1) is 11.0 Å². The number of nitro groups is 1. The molecule has 0 bridgehead atoms. The zero-order chi connectivity index (χ0) is 18.9. The fourth-order valence-corrected chi connectivity index (χ4v) is 5.45. The molecule has 0 radical (unpaired) electrons.